The zero-order chi connectivity index (χ0) is 13.4. The molecule has 0 aliphatic heterocycles. The van der Waals surface area contributed by atoms with Crippen LogP contribution >= 0.6 is 11.8 Å². The lowest BCUT2D eigenvalue weighted by Crippen LogP contribution is -2.38. The number of carbonyl (C=O) groups excluding carboxylic acids is 1. The minimum absolute atomic E-state index is 0.222. The van der Waals surface area contributed by atoms with Crippen LogP contribution in [-0.4, -0.2) is 51.6 Å². The number of tetrazole rings is 1. The lowest BCUT2D eigenvalue weighted by atomic mass is 10.2. The molecular weight excluding hydrogens is 254 g/mol. The summed E-state index contributed by atoms with van der Waals surface area (Å²) in [5.41, 5.74) is 0. The van der Waals surface area contributed by atoms with Gasteiger partial charge in [0.25, 0.3) is 0 Å². The van der Waals surface area contributed by atoms with Gasteiger partial charge in [-0.25, -0.2) is 4.68 Å². The van der Waals surface area contributed by atoms with Crippen LogP contribution in [0.5, 0.6) is 0 Å². The largest absolute Gasteiger partial charge is 0.468 e. The first-order chi connectivity index (χ1) is 8.69. The Kier molecular flexibility index (Phi) is 6.66. The number of rotatable bonds is 8. The highest BCUT2D eigenvalue weighted by molar-refractivity contribution is 7.99. The molecule has 0 saturated heterocycles. The average molecular weight is 273 g/mol. The Hall–Kier alpha value is -1.15. The van der Waals surface area contributed by atoms with Crippen LogP contribution < -0.4 is 5.32 Å². The summed E-state index contributed by atoms with van der Waals surface area (Å²) in [6.45, 7) is 2.86. The van der Waals surface area contributed by atoms with Crippen molar-refractivity contribution in [1.29, 1.82) is 0 Å². The molecule has 1 heterocycles. The van der Waals surface area contributed by atoms with Crippen LogP contribution in [0.15, 0.2) is 5.16 Å². The Labute approximate surface area is 111 Å². The highest BCUT2D eigenvalue weighted by Crippen LogP contribution is 2.14. The van der Waals surface area contributed by atoms with Gasteiger partial charge in [-0.3, -0.25) is 4.79 Å². The number of aromatic nitrogens is 4. The third kappa shape index (κ3) is 4.61. The Morgan fingerprint density at radius 2 is 2.39 bits per heavy atom. The van der Waals surface area contributed by atoms with Crippen molar-refractivity contribution in [1.82, 2.24) is 25.5 Å². The molecule has 7 nitrogen and oxygen atoms in total. The van der Waals surface area contributed by atoms with Gasteiger partial charge in [0.05, 0.1) is 7.11 Å². The van der Waals surface area contributed by atoms with Gasteiger partial charge in [-0.1, -0.05) is 18.7 Å². The Morgan fingerprint density at radius 3 is 2.94 bits per heavy atom. The van der Waals surface area contributed by atoms with Crippen molar-refractivity contribution >= 4 is 17.7 Å². The second-order valence-electron chi connectivity index (χ2n) is 3.75. The van der Waals surface area contributed by atoms with E-state index in [2.05, 4.69) is 27.8 Å². The van der Waals surface area contributed by atoms with Crippen LogP contribution in [0.4, 0.5) is 0 Å². The summed E-state index contributed by atoms with van der Waals surface area (Å²) in [7, 11) is 3.19. The van der Waals surface area contributed by atoms with Gasteiger partial charge in [0, 0.05) is 12.8 Å². The zero-order valence-electron chi connectivity index (χ0n) is 10.9. The van der Waals surface area contributed by atoms with Crippen LogP contribution in [-0.2, 0) is 16.6 Å². The lowest BCUT2D eigenvalue weighted by Gasteiger charge is -2.15. The molecule has 0 aromatic carbocycles. The molecule has 0 saturated carbocycles. The van der Waals surface area contributed by atoms with E-state index in [9.17, 15) is 4.79 Å². The molecular formula is C10H19N5O2S. The first kappa shape index (κ1) is 14.9. The number of nitrogens with zero attached hydrogens (tertiary/aromatic N) is 4. The molecule has 0 radical (unpaired) electrons. The van der Waals surface area contributed by atoms with Crippen molar-refractivity contribution in [3.63, 3.8) is 0 Å². The predicted octanol–water partition coefficient (Wildman–Crippen LogP) is 0.233. The van der Waals surface area contributed by atoms with Gasteiger partial charge in [0.1, 0.15) is 6.04 Å². The fourth-order valence-corrected chi connectivity index (χ4v) is 2.23. The molecule has 0 fully saturated rings. The fourth-order valence-electron chi connectivity index (χ4n) is 1.38. The molecule has 1 N–H and O–H groups in total. The van der Waals surface area contributed by atoms with E-state index in [1.807, 2.05) is 0 Å². The molecule has 18 heavy (non-hydrogen) atoms. The Balaban J connectivity index is 2.37. The van der Waals surface area contributed by atoms with E-state index in [1.54, 1.807) is 11.7 Å². The summed E-state index contributed by atoms with van der Waals surface area (Å²) in [5, 5.41) is 15.1. The summed E-state index contributed by atoms with van der Waals surface area (Å²) >= 11 is 1.52. The van der Waals surface area contributed by atoms with Crippen molar-refractivity contribution in [2.75, 3.05) is 19.4 Å². The smallest absolute Gasteiger partial charge is 0.322 e. The van der Waals surface area contributed by atoms with E-state index in [-0.39, 0.29) is 12.0 Å². The van der Waals surface area contributed by atoms with Crippen LogP contribution in [0.25, 0.3) is 0 Å². The first-order valence-electron chi connectivity index (χ1n) is 5.85. The normalized spacial score (nSPS) is 12.4. The van der Waals surface area contributed by atoms with Crippen LogP contribution in [0.1, 0.15) is 19.8 Å². The first-order valence-corrected chi connectivity index (χ1v) is 6.84. The van der Waals surface area contributed by atoms with Crippen molar-refractivity contribution in [2.45, 2.75) is 31.0 Å². The predicted molar refractivity (Wildman–Crippen MR) is 68.2 cm³/mol. The van der Waals surface area contributed by atoms with E-state index in [0.29, 0.717) is 6.42 Å². The Bertz CT molecular complexity index is 371. The number of ether oxygens (including phenoxy) is 1. The number of thioether (sulfide) groups is 1. The maximum Gasteiger partial charge on any atom is 0.322 e. The topological polar surface area (TPSA) is 81.9 Å². The third-order valence-electron chi connectivity index (χ3n) is 2.35. The van der Waals surface area contributed by atoms with Crippen LogP contribution in [0.3, 0.4) is 0 Å². The maximum absolute atomic E-state index is 11.5. The molecule has 0 spiro atoms. The number of methoxy groups -OCH3 is 1. The van der Waals surface area contributed by atoms with Gasteiger partial charge in [-0.2, -0.15) is 0 Å². The van der Waals surface area contributed by atoms with E-state index < -0.39 is 0 Å². The molecule has 0 aliphatic carbocycles. The van der Waals surface area contributed by atoms with Gasteiger partial charge >= 0.3 is 5.97 Å². The fraction of sp³-hybridized carbons (Fsp3) is 0.800. The summed E-state index contributed by atoms with van der Waals surface area (Å²) in [5.74, 6) is 0.533. The molecule has 0 amide bonds. The standard InChI is InChI=1S/C10H19N5O2S/c1-4-6-11-8(9(16)17-3)5-7-18-10-12-13-14-15(10)2/h8,11H,4-7H2,1-3H3. The van der Waals surface area contributed by atoms with E-state index in [0.717, 1.165) is 23.9 Å². The van der Waals surface area contributed by atoms with E-state index in [4.69, 9.17) is 4.74 Å². The monoisotopic (exact) mass is 273 g/mol. The molecule has 102 valence electrons. The van der Waals surface area contributed by atoms with E-state index >= 15 is 0 Å². The zero-order valence-corrected chi connectivity index (χ0v) is 11.7. The maximum atomic E-state index is 11.5. The summed E-state index contributed by atoms with van der Waals surface area (Å²) < 4.78 is 6.37. The van der Waals surface area contributed by atoms with Crippen molar-refractivity contribution in [3.8, 4) is 0 Å². The molecule has 1 atom stereocenters. The molecule has 1 aromatic heterocycles. The number of hydrogen-bond acceptors (Lipinski definition) is 7. The SMILES string of the molecule is CCCNC(CCSc1nnnn1C)C(=O)OC. The van der Waals surface area contributed by atoms with Crippen LogP contribution in [0, 0.1) is 0 Å². The second-order valence-corrected chi connectivity index (χ2v) is 4.81. The quantitative estimate of drug-likeness (QED) is 0.536. The molecule has 1 rings (SSSR count). The van der Waals surface area contributed by atoms with Gasteiger partial charge < -0.3 is 10.1 Å². The van der Waals surface area contributed by atoms with Crippen LogP contribution in [0.2, 0.25) is 0 Å². The van der Waals surface area contributed by atoms with Crippen molar-refractivity contribution < 1.29 is 9.53 Å². The summed E-state index contributed by atoms with van der Waals surface area (Å²) in [6.07, 6.45) is 1.66. The highest BCUT2D eigenvalue weighted by Gasteiger charge is 2.18. The minimum atomic E-state index is -0.261. The third-order valence-corrected chi connectivity index (χ3v) is 3.39. The minimum Gasteiger partial charge on any atom is -0.468 e. The number of esters is 1. The molecule has 1 aromatic rings. The lowest BCUT2D eigenvalue weighted by molar-refractivity contribution is -0.143. The van der Waals surface area contributed by atoms with E-state index in [1.165, 1.54) is 18.9 Å². The molecule has 8 heteroatoms. The summed E-state index contributed by atoms with van der Waals surface area (Å²) in [4.78, 5) is 11.5. The summed E-state index contributed by atoms with van der Waals surface area (Å²) in [6, 6.07) is -0.261. The highest BCUT2D eigenvalue weighted by atomic mass is 32.2. The van der Waals surface area contributed by atoms with Crippen molar-refractivity contribution in [3.05, 3.63) is 0 Å². The van der Waals surface area contributed by atoms with Gasteiger partial charge in [0.15, 0.2) is 0 Å². The average Bonchev–Trinajstić information content (AvgIpc) is 2.78. The molecule has 0 aliphatic rings. The second kappa shape index (κ2) is 8.04. The number of aryl methyl sites for hydroxylation is 1. The molecule has 0 bridgehead atoms. The number of nitrogens with one attached hydrogen (secondary N) is 1. The van der Waals surface area contributed by atoms with Crippen molar-refractivity contribution in [2.24, 2.45) is 7.05 Å². The number of carbonyl (C=O) groups is 1. The molecule has 1 unspecified atom stereocenters. The van der Waals surface area contributed by atoms with Gasteiger partial charge in [0.2, 0.25) is 5.16 Å². The van der Waals surface area contributed by atoms with Gasteiger partial charge in [-0.05, 0) is 29.8 Å². The Morgan fingerprint density at radius 1 is 1.61 bits per heavy atom. The van der Waals surface area contributed by atoms with Gasteiger partial charge in [-0.15, -0.1) is 5.10 Å². The number of hydrogen-bond donors (Lipinski definition) is 1.